The van der Waals surface area contributed by atoms with E-state index in [9.17, 15) is 4.39 Å². The Labute approximate surface area is 40.1 Å². The molecule has 36 valence electrons. The van der Waals surface area contributed by atoms with Crippen LogP contribution in [0.15, 0.2) is 0 Å². The zero-order chi connectivity index (χ0) is 4.41. The van der Waals surface area contributed by atoms with E-state index >= 15 is 0 Å². The maximum absolute atomic E-state index is 11.3. The molecule has 0 aromatic carbocycles. The van der Waals surface area contributed by atoms with Crippen molar-refractivity contribution >= 4 is 12.0 Å². The zero-order valence-electron chi connectivity index (χ0n) is 3.19. The largest absolute Gasteiger partial charge is 0.308 e. The van der Waals surface area contributed by atoms with Crippen LogP contribution in [0.3, 0.4) is 0 Å². The number of hydrogen-bond donors (Lipinski definition) is 0. The molecule has 1 heterocycles. The Kier molecular flexibility index (Phi) is 1.32. The summed E-state index contributed by atoms with van der Waals surface area (Å²) >= 11 is 1.33. The molecule has 0 saturated carbocycles. The summed E-state index contributed by atoms with van der Waals surface area (Å²) in [5.41, 5.74) is 0. The van der Waals surface area contributed by atoms with Crippen molar-refractivity contribution in [2.45, 2.75) is 6.10 Å². The summed E-state index contributed by atoms with van der Waals surface area (Å²) in [5.74, 6) is 0.830. The molecule has 0 bridgehead atoms. The van der Waals surface area contributed by atoms with Gasteiger partial charge in [0.15, 0.2) is 0 Å². The van der Waals surface area contributed by atoms with Crippen LogP contribution in [0.1, 0.15) is 0 Å². The molecule has 0 spiro atoms. The molecule has 1 saturated heterocycles. The molecule has 0 radical (unpaired) electrons. The molecule has 1 nitrogen and oxygen atoms in total. The van der Waals surface area contributed by atoms with Crippen LogP contribution >= 0.6 is 12.0 Å². The predicted octanol–water partition coefficient (Wildman–Crippen LogP) is 1.00. The molecule has 1 rings (SSSR count). The summed E-state index contributed by atoms with van der Waals surface area (Å²) in [6.45, 7) is -0.326. The molecule has 0 N–H and O–H groups in total. The van der Waals surface area contributed by atoms with Crippen molar-refractivity contribution in [1.82, 2.24) is 0 Å². The van der Waals surface area contributed by atoms with Crippen LogP contribution in [0.2, 0.25) is 0 Å². The van der Waals surface area contributed by atoms with Gasteiger partial charge in [0.25, 0.3) is 0 Å². The lowest BCUT2D eigenvalue weighted by atomic mass is 10.5. The van der Waals surface area contributed by atoms with Crippen molar-refractivity contribution in [1.29, 1.82) is 0 Å². The Morgan fingerprint density at radius 2 is 2.67 bits per heavy atom. The van der Waals surface area contributed by atoms with Crippen LogP contribution in [-0.2, 0) is 4.18 Å². The lowest BCUT2D eigenvalue weighted by molar-refractivity contribution is 0.184. The summed E-state index contributed by atoms with van der Waals surface area (Å²) in [4.78, 5) is 0. The highest BCUT2D eigenvalue weighted by Crippen LogP contribution is 2.21. The summed E-state index contributed by atoms with van der Waals surface area (Å²) in [7, 11) is 0. The highest BCUT2D eigenvalue weighted by Gasteiger charge is 2.18. The molecule has 1 atom stereocenters. The first kappa shape index (κ1) is 4.40. The van der Waals surface area contributed by atoms with Crippen LogP contribution in [0.25, 0.3) is 0 Å². The SMILES string of the molecule is FCC1CSO1. The molecular weight excluding hydrogens is 103 g/mol. The van der Waals surface area contributed by atoms with Crippen molar-refractivity contribution < 1.29 is 8.57 Å². The van der Waals surface area contributed by atoms with E-state index in [0.29, 0.717) is 0 Å². The van der Waals surface area contributed by atoms with E-state index in [-0.39, 0.29) is 12.8 Å². The molecule has 1 aliphatic heterocycles. The molecular formula is C3H5FOS. The van der Waals surface area contributed by atoms with Gasteiger partial charge in [-0.05, 0) is 12.0 Å². The minimum atomic E-state index is -0.326. The Bertz CT molecular complexity index is 43.3. The first-order valence-electron chi connectivity index (χ1n) is 1.77. The van der Waals surface area contributed by atoms with Crippen molar-refractivity contribution in [3.05, 3.63) is 0 Å². The van der Waals surface area contributed by atoms with Crippen molar-refractivity contribution in [2.75, 3.05) is 12.4 Å². The minimum absolute atomic E-state index is 0.0880. The van der Waals surface area contributed by atoms with E-state index in [0.717, 1.165) is 5.75 Å². The molecule has 0 aromatic heterocycles. The van der Waals surface area contributed by atoms with Gasteiger partial charge in [0.2, 0.25) is 0 Å². The summed E-state index contributed by atoms with van der Waals surface area (Å²) in [6.07, 6.45) is -0.0880. The van der Waals surface area contributed by atoms with Crippen molar-refractivity contribution in [2.24, 2.45) is 0 Å². The molecule has 0 amide bonds. The smallest absolute Gasteiger partial charge is 0.118 e. The Morgan fingerprint density at radius 3 is 2.67 bits per heavy atom. The highest BCUT2D eigenvalue weighted by molar-refractivity contribution is 7.95. The van der Waals surface area contributed by atoms with E-state index < -0.39 is 0 Å². The van der Waals surface area contributed by atoms with Crippen LogP contribution in [0, 0.1) is 0 Å². The maximum atomic E-state index is 11.3. The molecule has 1 aliphatic rings. The minimum Gasteiger partial charge on any atom is -0.308 e. The van der Waals surface area contributed by atoms with Gasteiger partial charge in [-0.1, -0.05) is 0 Å². The van der Waals surface area contributed by atoms with Gasteiger partial charge in [-0.15, -0.1) is 0 Å². The Hall–Kier alpha value is 0.240. The second kappa shape index (κ2) is 1.80. The summed E-state index contributed by atoms with van der Waals surface area (Å²) in [5, 5.41) is 0. The monoisotopic (exact) mass is 108 g/mol. The predicted molar refractivity (Wildman–Crippen MR) is 23.3 cm³/mol. The van der Waals surface area contributed by atoms with Crippen molar-refractivity contribution in [3.63, 3.8) is 0 Å². The van der Waals surface area contributed by atoms with Crippen LogP contribution in [0.5, 0.6) is 0 Å². The maximum Gasteiger partial charge on any atom is 0.118 e. The number of halogens is 1. The summed E-state index contributed by atoms with van der Waals surface area (Å²) in [6, 6.07) is 0. The highest BCUT2D eigenvalue weighted by atomic mass is 32.2. The number of alkyl halides is 1. The van der Waals surface area contributed by atoms with Gasteiger partial charge in [0.05, 0.1) is 0 Å². The Morgan fingerprint density at radius 1 is 2.00 bits per heavy atom. The van der Waals surface area contributed by atoms with E-state index in [2.05, 4.69) is 4.18 Å². The van der Waals surface area contributed by atoms with Crippen molar-refractivity contribution in [3.8, 4) is 0 Å². The van der Waals surface area contributed by atoms with E-state index in [1.54, 1.807) is 0 Å². The molecule has 1 unspecified atom stereocenters. The molecule has 0 aliphatic carbocycles. The third-order valence-corrected chi connectivity index (χ3v) is 1.55. The average Bonchev–Trinajstić information content (AvgIpc) is 1.31. The fraction of sp³-hybridized carbons (Fsp3) is 1.00. The van der Waals surface area contributed by atoms with Gasteiger partial charge in [0.1, 0.15) is 12.8 Å². The second-order valence-electron chi connectivity index (χ2n) is 1.16. The van der Waals surface area contributed by atoms with Gasteiger partial charge in [0, 0.05) is 5.75 Å². The Balaban J connectivity index is 2.01. The first-order valence-corrected chi connectivity index (χ1v) is 2.69. The van der Waals surface area contributed by atoms with Gasteiger partial charge < -0.3 is 4.18 Å². The lowest BCUT2D eigenvalue weighted by Crippen LogP contribution is -2.23. The standard InChI is InChI=1S/C3H5FOS/c4-1-3-2-6-5-3/h3H,1-2H2. The van der Waals surface area contributed by atoms with Crippen LogP contribution in [-0.4, -0.2) is 18.5 Å². The summed E-state index contributed by atoms with van der Waals surface area (Å²) < 4.78 is 15.9. The van der Waals surface area contributed by atoms with Gasteiger partial charge in [-0.2, -0.15) is 0 Å². The van der Waals surface area contributed by atoms with Crippen LogP contribution < -0.4 is 0 Å². The van der Waals surface area contributed by atoms with E-state index in [4.69, 9.17) is 0 Å². The van der Waals surface area contributed by atoms with Gasteiger partial charge >= 0.3 is 0 Å². The quantitative estimate of drug-likeness (QED) is 0.463. The van der Waals surface area contributed by atoms with Gasteiger partial charge in [-0.25, -0.2) is 4.39 Å². The fourth-order valence-electron chi connectivity index (χ4n) is 0.235. The zero-order valence-corrected chi connectivity index (χ0v) is 4.00. The first-order chi connectivity index (χ1) is 2.93. The fourth-order valence-corrected chi connectivity index (χ4v) is 0.704. The third kappa shape index (κ3) is 0.656. The van der Waals surface area contributed by atoms with E-state index in [1.165, 1.54) is 12.0 Å². The van der Waals surface area contributed by atoms with Crippen LogP contribution in [0.4, 0.5) is 4.39 Å². The second-order valence-corrected chi connectivity index (χ2v) is 1.92. The molecule has 3 heteroatoms. The van der Waals surface area contributed by atoms with E-state index in [1.807, 2.05) is 0 Å². The molecule has 6 heavy (non-hydrogen) atoms. The number of hydrogen-bond acceptors (Lipinski definition) is 2. The van der Waals surface area contributed by atoms with Gasteiger partial charge in [-0.3, -0.25) is 0 Å². The average molecular weight is 108 g/mol. The molecule has 0 aromatic rings. The lowest BCUT2D eigenvalue weighted by Gasteiger charge is -2.20. The third-order valence-electron chi connectivity index (χ3n) is 0.630. The number of rotatable bonds is 1. The normalized spacial score (nSPS) is 32.5. The topological polar surface area (TPSA) is 9.23 Å². The molecule has 1 fully saturated rings.